The fourth-order valence-corrected chi connectivity index (χ4v) is 5.22. The van der Waals surface area contributed by atoms with Gasteiger partial charge < -0.3 is 20.1 Å². The predicted octanol–water partition coefficient (Wildman–Crippen LogP) is 5.61. The summed E-state index contributed by atoms with van der Waals surface area (Å²) in [5, 5.41) is 18.4. The van der Waals surface area contributed by atoms with Gasteiger partial charge in [-0.25, -0.2) is 0 Å². The number of nitrogens with one attached hydrogen (secondary N) is 2. The lowest BCUT2D eigenvalue weighted by Crippen LogP contribution is -2.31. The van der Waals surface area contributed by atoms with Gasteiger partial charge in [0.2, 0.25) is 5.95 Å². The van der Waals surface area contributed by atoms with Crippen LogP contribution in [0.15, 0.2) is 76.4 Å². The quantitative estimate of drug-likeness (QED) is 0.276. The molecule has 1 aromatic heterocycles. The van der Waals surface area contributed by atoms with Gasteiger partial charge in [-0.1, -0.05) is 47.6 Å². The maximum Gasteiger partial charge on any atom is 0.255 e. The van der Waals surface area contributed by atoms with Crippen LogP contribution in [-0.4, -0.2) is 39.8 Å². The number of tetrazole rings is 1. The third kappa shape index (κ3) is 5.37. The molecule has 0 aliphatic carbocycles. The number of anilines is 2. The molecule has 1 aliphatic heterocycles. The van der Waals surface area contributed by atoms with Crippen molar-refractivity contribution < 1.29 is 14.3 Å². The zero-order valence-corrected chi connectivity index (χ0v) is 23.7. The normalized spacial score (nSPS) is 14.4. The van der Waals surface area contributed by atoms with Crippen LogP contribution in [-0.2, 0) is 11.2 Å². The molecular weight excluding hydrogens is 560 g/mol. The van der Waals surface area contributed by atoms with Crippen molar-refractivity contribution >= 4 is 33.5 Å². The summed E-state index contributed by atoms with van der Waals surface area (Å²) in [5.41, 5.74) is 5.94. The Balaban J connectivity index is 1.49. The van der Waals surface area contributed by atoms with Crippen LogP contribution in [0.4, 0.5) is 11.6 Å². The summed E-state index contributed by atoms with van der Waals surface area (Å²) >= 11 is 3.67. The fraction of sp³-hybridized carbons (Fsp3) is 0.241. The summed E-state index contributed by atoms with van der Waals surface area (Å²) in [4.78, 5) is 13.8. The Kier molecular flexibility index (Phi) is 7.65. The topological polar surface area (TPSA) is 103 Å². The lowest BCUT2D eigenvalue weighted by Gasteiger charge is -2.29. The number of carbonyl (C=O) groups excluding carboxylic acids is 1. The highest BCUT2D eigenvalue weighted by molar-refractivity contribution is 9.10. The lowest BCUT2D eigenvalue weighted by atomic mass is 9.94. The third-order valence-corrected chi connectivity index (χ3v) is 7.45. The number of ether oxygens (including phenoxy) is 2. The molecule has 0 fully saturated rings. The molecule has 39 heavy (non-hydrogen) atoms. The van der Waals surface area contributed by atoms with Gasteiger partial charge in [0.1, 0.15) is 6.04 Å². The van der Waals surface area contributed by atoms with Crippen molar-refractivity contribution in [3.8, 4) is 11.5 Å². The monoisotopic (exact) mass is 588 g/mol. The van der Waals surface area contributed by atoms with Gasteiger partial charge in [-0.3, -0.25) is 4.79 Å². The number of rotatable bonds is 8. The minimum Gasteiger partial charge on any atom is -0.493 e. The fourth-order valence-electron chi connectivity index (χ4n) is 4.64. The van der Waals surface area contributed by atoms with Crippen molar-refractivity contribution in [2.24, 2.45) is 0 Å². The standard InChI is InChI=1S/C29H29BrN6O3/c1-17-9-8-12-23(18(17)2)32-28(37)25-19(3)31-29-33-34-35-36(29)26(25)21-15-22(30)27(24(16-21)38-4)39-14-13-20-10-6-5-7-11-20/h5-12,15-16,26H,13-14H2,1-4H3,(H,32,37)(H,31,33,35). The number of benzene rings is 3. The molecule has 1 atom stereocenters. The Hall–Kier alpha value is -4.18. The second-order valence-corrected chi connectivity index (χ2v) is 10.2. The zero-order chi connectivity index (χ0) is 27.5. The molecule has 1 aliphatic rings. The molecule has 2 N–H and O–H groups in total. The van der Waals surface area contributed by atoms with Crippen LogP contribution in [0.3, 0.4) is 0 Å². The van der Waals surface area contributed by atoms with E-state index >= 15 is 0 Å². The summed E-state index contributed by atoms with van der Waals surface area (Å²) in [7, 11) is 1.59. The van der Waals surface area contributed by atoms with Gasteiger partial charge in [0.25, 0.3) is 5.91 Å². The predicted molar refractivity (Wildman–Crippen MR) is 153 cm³/mol. The Labute approximate surface area is 235 Å². The number of amides is 1. The first-order valence-corrected chi connectivity index (χ1v) is 13.3. The Bertz CT molecular complexity index is 1550. The molecule has 3 aromatic carbocycles. The third-order valence-electron chi connectivity index (χ3n) is 6.86. The number of hydrogen-bond donors (Lipinski definition) is 2. The SMILES string of the molecule is COc1cc(C2C(C(=O)Nc3cccc(C)c3C)=C(C)Nc3nnnn32)cc(Br)c1OCCc1ccccc1. The number of hydrogen-bond acceptors (Lipinski definition) is 7. The molecule has 9 nitrogen and oxygen atoms in total. The molecule has 0 radical (unpaired) electrons. The van der Waals surface area contributed by atoms with Crippen LogP contribution < -0.4 is 20.1 Å². The average molecular weight is 589 g/mol. The number of nitrogens with zero attached hydrogens (tertiary/aromatic N) is 4. The summed E-state index contributed by atoms with van der Waals surface area (Å²) in [5.74, 6) is 1.31. The van der Waals surface area contributed by atoms with Crippen LogP contribution in [0, 0.1) is 13.8 Å². The molecule has 4 aromatic rings. The van der Waals surface area contributed by atoms with E-state index in [1.54, 1.807) is 11.8 Å². The molecule has 5 rings (SSSR count). The number of fused-ring (bicyclic) bond motifs is 1. The first-order valence-electron chi connectivity index (χ1n) is 12.5. The number of aromatic nitrogens is 4. The van der Waals surface area contributed by atoms with Crippen molar-refractivity contribution in [2.75, 3.05) is 24.4 Å². The Morgan fingerprint density at radius 2 is 1.90 bits per heavy atom. The maximum absolute atomic E-state index is 13.8. The Morgan fingerprint density at radius 1 is 1.10 bits per heavy atom. The van der Waals surface area contributed by atoms with E-state index < -0.39 is 6.04 Å². The van der Waals surface area contributed by atoms with Crippen molar-refractivity contribution in [1.82, 2.24) is 20.2 Å². The van der Waals surface area contributed by atoms with Gasteiger partial charge in [-0.2, -0.15) is 4.68 Å². The number of aryl methyl sites for hydroxylation is 1. The first-order chi connectivity index (χ1) is 18.9. The van der Waals surface area contributed by atoms with E-state index in [0.717, 1.165) is 28.8 Å². The summed E-state index contributed by atoms with van der Waals surface area (Å²) < 4.78 is 14.2. The molecule has 0 bridgehead atoms. The van der Waals surface area contributed by atoms with Crippen molar-refractivity contribution in [3.63, 3.8) is 0 Å². The van der Waals surface area contributed by atoms with Crippen molar-refractivity contribution in [2.45, 2.75) is 33.2 Å². The van der Waals surface area contributed by atoms with E-state index in [-0.39, 0.29) is 5.91 Å². The maximum atomic E-state index is 13.8. The van der Waals surface area contributed by atoms with Crippen molar-refractivity contribution in [3.05, 3.63) is 98.7 Å². The number of carbonyl (C=O) groups is 1. The minimum absolute atomic E-state index is 0.252. The van der Waals surface area contributed by atoms with Crippen LogP contribution in [0.25, 0.3) is 0 Å². The second kappa shape index (κ2) is 11.3. The molecule has 0 saturated heterocycles. The minimum atomic E-state index is -0.607. The molecule has 1 amide bonds. The van der Waals surface area contributed by atoms with Crippen molar-refractivity contribution in [1.29, 1.82) is 0 Å². The Morgan fingerprint density at radius 3 is 2.67 bits per heavy atom. The number of methoxy groups -OCH3 is 1. The molecule has 2 heterocycles. The lowest BCUT2D eigenvalue weighted by molar-refractivity contribution is -0.113. The van der Waals surface area contributed by atoms with E-state index in [4.69, 9.17) is 9.47 Å². The smallest absolute Gasteiger partial charge is 0.255 e. The van der Waals surface area contributed by atoms with Crippen LogP contribution in [0.5, 0.6) is 11.5 Å². The summed E-state index contributed by atoms with van der Waals surface area (Å²) in [6.45, 7) is 6.32. The number of halogens is 1. The van der Waals surface area contributed by atoms with Gasteiger partial charge in [0.05, 0.1) is 23.8 Å². The zero-order valence-electron chi connectivity index (χ0n) is 22.2. The summed E-state index contributed by atoms with van der Waals surface area (Å²) in [6.07, 6.45) is 0.755. The van der Waals surface area contributed by atoms with Crippen LogP contribution >= 0.6 is 15.9 Å². The first kappa shape index (κ1) is 26.4. The highest BCUT2D eigenvalue weighted by Gasteiger charge is 2.35. The van der Waals surface area contributed by atoms with E-state index in [1.807, 2.05) is 69.3 Å². The molecular formula is C29H29BrN6O3. The largest absolute Gasteiger partial charge is 0.493 e. The second-order valence-electron chi connectivity index (χ2n) is 9.33. The van der Waals surface area contributed by atoms with Crippen LogP contribution in [0.2, 0.25) is 0 Å². The van der Waals surface area contributed by atoms with E-state index in [9.17, 15) is 4.79 Å². The molecule has 200 valence electrons. The van der Waals surface area contributed by atoms with E-state index in [1.165, 1.54) is 5.56 Å². The van der Waals surface area contributed by atoms with Gasteiger partial charge >= 0.3 is 0 Å². The number of allylic oxidation sites excluding steroid dienone is 1. The van der Waals surface area contributed by atoms with Gasteiger partial charge in [-0.05, 0) is 87.6 Å². The highest BCUT2D eigenvalue weighted by atomic mass is 79.9. The van der Waals surface area contributed by atoms with E-state index in [2.05, 4.69) is 54.2 Å². The molecule has 0 spiro atoms. The molecule has 10 heteroatoms. The van der Waals surface area contributed by atoms with Gasteiger partial charge in [0, 0.05) is 17.8 Å². The van der Waals surface area contributed by atoms with Gasteiger partial charge in [-0.15, -0.1) is 0 Å². The van der Waals surface area contributed by atoms with E-state index in [0.29, 0.717) is 39.8 Å². The summed E-state index contributed by atoms with van der Waals surface area (Å²) in [6, 6.07) is 19.2. The molecule has 1 unspecified atom stereocenters. The highest BCUT2D eigenvalue weighted by Crippen LogP contribution is 2.42. The average Bonchev–Trinajstić information content (AvgIpc) is 3.39. The molecule has 0 saturated carbocycles. The van der Waals surface area contributed by atoms with Gasteiger partial charge in [0.15, 0.2) is 11.5 Å². The van der Waals surface area contributed by atoms with Crippen LogP contribution in [0.1, 0.15) is 35.2 Å².